The van der Waals surface area contributed by atoms with Gasteiger partial charge in [-0.15, -0.1) is 0 Å². The molecule has 1 aliphatic rings. The summed E-state index contributed by atoms with van der Waals surface area (Å²) in [4.78, 5) is 23.9. The minimum atomic E-state index is -0.989. The van der Waals surface area contributed by atoms with Crippen LogP contribution in [-0.4, -0.2) is 51.3 Å². The van der Waals surface area contributed by atoms with Crippen molar-refractivity contribution < 1.29 is 29.1 Å². The molecule has 0 unspecified atom stereocenters. The SMILES string of the molecule is C[n+]1c(C(C#N)=C2OCCN2CCC(=O)O)n(CCC(=O)O)c2cc(Cl)c(Cl)cc21. The second-order valence-electron chi connectivity index (χ2n) is 6.70. The average molecular weight is 454 g/mol. The van der Waals surface area contributed by atoms with Gasteiger partial charge in [-0.25, -0.2) is 9.13 Å². The number of benzene rings is 1. The van der Waals surface area contributed by atoms with E-state index in [0.29, 0.717) is 40.1 Å². The maximum Gasteiger partial charge on any atom is 0.307 e. The highest BCUT2D eigenvalue weighted by Gasteiger charge is 2.34. The normalized spacial score (nSPS) is 15.2. The fourth-order valence-corrected chi connectivity index (χ4v) is 3.79. The van der Waals surface area contributed by atoms with Crippen LogP contribution in [0.3, 0.4) is 0 Å². The first-order chi connectivity index (χ1) is 14.2. The molecule has 158 valence electrons. The highest BCUT2D eigenvalue weighted by Crippen LogP contribution is 2.31. The van der Waals surface area contributed by atoms with E-state index in [4.69, 9.17) is 33.0 Å². The van der Waals surface area contributed by atoms with E-state index in [1.165, 1.54) is 0 Å². The molecule has 0 aliphatic carbocycles. The minimum Gasteiger partial charge on any atom is -0.481 e. The molecule has 0 saturated carbocycles. The van der Waals surface area contributed by atoms with Gasteiger partial charge in [0.05, 0.1) is 36.5 Å². The van der Waals surface area contributed by atoms with Gasteiger partial charge >= 0.3 is 17.8 Å². The van der Waals surface area contributed by atoms with Gasteiger partial charge in [-0.3, -0.25) is 9.59 Å². The van der Waals surface area contributed by atoms with Crippen LogP contribution in [0.5, 0.6) is 0 Å². The van der Waals surface area contributed by atoms with Gasteiger partial charge in [0.2, 0.25) is 11.5 Å². The standard InChI is InChI=1S/C19H18Cl2N4O5/c1-23-14-8-12(20)13(21)9-15(14)25(5-3-17(28)29)18(23)11(10-22)19-24(6-7-30-19)4-2-16(26)27/h8-9H,2-7H2,1H3,(H-,26,27,28,29)/p+1. The third-order valence-electron chi connectivity index (χ3n) is 4.82. The molecule has 9 nitrogen and oxygen atoms in total. The van der Waals surface area contributed by atoms with E-state index in [1.807, 2.05) is 0 Å². The quantitative estimate of drug-likeness (QED) is 0.487. The number of nitrogens with zero attached hydrogens (tertiary/aromatic N) is 4. The molecule has 0 atom stereocenters. The maximum absolute atomic E-state index is 11.2. The number of carboxylic acid groups (broad SMARTS) is 2. The van der Waals surface area contributed by atoms with Crippen LogP contribution < -0.4 is 4.57 Å². The van der Waals surface area contributed by atoms with Crippen LogP contribution >= 0.6 is 23.2 Å². The first-order valence-electron chi connectivity index (χ1n) is 9.08. The Bertz CT molecular complexity index is 1100. The highest BCUT2D eigenvalue weighted by molar-refractivity contribution is 6.42. The number of aromatic nitrogens is 2. The molecule has 0 radical (unpaired) electrons. The van der Waals surface area contributed by atoms with E-state index in [2.05, 4.69) is 6.07 Å². The van der Waals surface area contributed by atoms with Crippen molar-refractivity contribution in [3.63, 3.8) is 0 Å². The zero-order valence-electron chi connectivity index (χ0n) is 16.1. The van der Waals surface area contributed by atoms with Crippen molar-refractivity contribution in [2.24, 2.45) is 7.05 Å². The fraction of sp³-hybridized carbons (Fsp3) is 0.368. The Labute approximate surface area is 181 Å². The summed E-state index contributed by atoms with van der Waals surface area (Å²) in [7, 11) is 1.73. The Hall–Kier alpha value is -2.96. The molecular formula is C19H19Cl2N4O5+. The lowest BCUT2D eigenvalue weighted by Gasteiger charge is -2.16. The van der Waals surface area contributed by atoms with Crippen LogP contribution in [0.15, 0.2) is 18.0 Å². The second kappa shape index (κ2) is 8.81. The van der Waals surface area contributed by atoms with Crippen molar-refractivity contribution in [3.05, 3.63) is 33.9 Å². The van der Waals surface area contributed by atoms with Gasteiger partial charge in [0, 0.05) is 18.7 Å². The number of rotatable bonds is 7. The van der Waals surface area contributed by atoms with Crippen LogP contribution in [-0.2, 0) is 27.9 Å². The molecule has 0 spiro atoms. The van der Waals surface area contributed by atoms with Crippen LogP contribution in [0.2, 0.25) is 10.0 Å². The molecule has 1 aromatic carbocycles. The number of allylic oxidation sites excluding steroid dienone is 1. The van der Waals surface area contributed by atoms with Crippen molar-refractivity contribution >= 4 is 51.7 Å². The van der Waals surface area contributed by atoms with Gasteiger partial charge in [-0.05, 0) is 0 Å². The number of nitriles is 1. The highest BCUT2D eigenvalue weighted by atomic mass is 35.5. The lowest BCUT2D eigenvalue weighted by molar-refractivity contribution is -0.648. The van der Waals surface area contributed by atoms with Gasteiger partial charge in [0.25, 0.3) is 0 Å². The summed E-state index contributed by atoms with van der Waals surface area (Å²) in [6.07, 6.45) is -0.278. The topological polar surface area (TPSA) is 120 Å². The first kappa shape index (κ1) is 21.7. The molecule has 2 heterocycles. The second-order valence-corrected chi connectivity index (χ2v) is 7.52. The molecule has 3 rings (SSSR count). The summed E-state index contributed by atoms with van der Waals surface area (Å²) in [5.41, 5.74) is 1.45. The van der Waals surface area contributed by atoms with Crippen molar-refractivity contribution in [1.82, 2.24) is 9.47 Å². The zero-order valence-corrected chi connectivity index (χ0v) is 17.6. The monoisotopic (exact) mass is 453 g/mol. The third kappa shape index (κ3) is 4.15. The van der Waals surface area contributed by atoms with Gasteiger partial charge < -0.3 is 19.8 Å². The Morgan fingerprint density at radius 2 is 1.83 bits per heavy atom. The molecular weight excluding hydrogens is 435 g/mol. The Kier molecular flexibility index (Phi) is 6.39. The van der Waals surface area contributed by atoms with Crippen molar-refractivity contribution in [2.75, 3.05) is 19.7 Å². The van der Waals surface area contributed by atoms with E-state index in [0.717, 1.165) is 0 Å². The Balaban J connectivity index is 2.22. The van der Waals surface area contributed by atoms with E-state index in [-0.39, 0.29) is 37.4 Å². The number of fused-ring (bicyclic) bond motifs is 1. The third-order valence-corrected chi connectivity index (χ3v) is 5.55. The van der Waals surface area contributed by atoms with Crippen LogP contribution in [0.25, 0.3) is 16.6 Å². The predicted octanol–water partition coefficient (Wildman–Crippen LogP) is 2.25. The minimum absolute atomic E-state index is 0.0908. The largest absolute Gasteiger partial charge is 0.481 e. The molecule has 30 heavy (non-hydrogen) atoms. The molecule has 1 fully saturated rings. The number of hydrogen-bond donors (Lipinski definition) is 2. The molecule has 1 aliphatic heterocycles. The molecule has 1 aromatic heterocycles. The first-order valence-corrected chi connectivity index (χ1v) is 9.83. The molecule has 2 N–H and O–H groups in total. The van der Waals surface area contributed by atoms with Crippen LogP contribution in [0.1, 0.15) is 18.7 Å². The lowest BCUT2D eigenvalue weighted by atomic mass is 10.2. The number of ether oxygens (including phenoxy) is 1. The molecule has 2 aromatic rings. The van der Waals surface area contributed by atoms with Crippen LogP contribution in [0.4, 0.5) is 0 Å². The van der Waals surface area contributed by atoms with Crippen molar-refractivity contribution in [1.29, 1.82) is 5.26 Å². The van der Waals surface area contributed by atoms with Crippen molar-refractivity contribution in [3.8, 4) is 6.07 Å². The summed E-state index contributed by atoms with van der Waals surface area (Å²) in [5.74, 6) is -1.25. The van der Waals surface area contributed by atoms with Gasteiger partial charge in [-0.1, -0.05) is 23.2 Å². The molecule has 0 bridgehead atoms. The summed E-state index contributed by atoms with van der Waals surface area (Å²) < 4.78 is 9.09. The zero-order chi connectivity index (χ0) is 22.0. The van der Waals surface area contributed by atoms with E-state index in [9.17, 15) is 20.0 Å². The van der Waals surface area contributed by atoms with Crippen LogP contribution in [0, 0.1) is 11.3 Å². The van der Waals surface area contributed by atoms with Gasteiger partial charge in [0.1, 0.15) is 19.2 Å². The lowest BCUT2D eigenvalue weighted by Crippen LogP contribution is -2.34. The molecule has 1 saturated heterocycles. The number of aryl methyl sites for hydroxylation is 2. The summed E-state index contributed by atoms with van der Waals surface area (Å²) >= 11 is 12.4. The number of hydrogen-bond acceptors (Lipinski definition) is 5. The number of halogens is 2. The van der Waals surface area contributed by atoms with E-state index < -0.39 is 11.9 Å². The Morgan fingerprint density at radius 3 is 2.47 bits per heavy atom. The Morgan fingerprint density at radius 1 is 1.20 bits per heavy atom. The van der Waals surface area contributed by atoms with E-state index >= 15 is 0 Å². The van der Waals surface area contributed by atoms with Gasteiger partial charge in [0.15, 0.2) is 11.0 Å². The maximum atomic E-state index is 11.2. The number of imidazole rings is 1. The fourth-order valence-electron chi connectivity index (χ4n) is 3.47. The molecule has 11 heteroatoms. The van der Waals surface area contributed by atoms with Gasteiger partial charge in [-0.2, -0.15) is 5.26 Å². The number of carboxylic acids is 2. The van der Waals surface area contributed by atoms with Crippen molar-refractivity contribution in [2.45, 2.75) is 19.4 Å². The number of carbonyl (C=O) groups is 2. The predicted molar refractivity (Wildman–Crippen MR) is 108 cm³/mol. The summed E-state index contributed by atoms with van der Waals surface area (Å²) in [6, 6.07) is 5.42. The van der Waals surface area contributed by atoms with E-state index in [1.54, 1.807) is 33.2 Å². The number of aliphatic carboxylic acids is 2. The summed E-state index contributed by atoms with van der Waals surface area (Å²) in [5, 5.41) is 28.8. The average Bonchev–Trinajstić information content (AvgIpc) is 3.24. The molecule has 0 amide bonds. The summed E-state index contributed by atoms with van der Waals surface area (Å²) in [6.45, 7) is 1.04. The smallest absolute Gasteiger partial charge is 0.307 e.